The van der Waals surface area contributed by atoms with Gasteiger partial charge in [-0.15, -0.1) is 0 Å². The summed E-state index contributed by atoms with van der Waals surface area (Å²) in [5, 5.41) is 22.4. The van der Waals surface area contributed by atoms with Crippen molar-refractivity contribution in [1.82, 2.24) is 5.32 Å². The lowest BCUT2D eigenvalue weighted by Crippen LogP contribution is -2.50. The van der Waals surface area contributed by atoms with E-state index in [9.17, 15) is 34.4 Å². The molecule has 0 aromatic heterocycles. The largest absolute Gasteiger partial charge is 0.480 e. The number of hydrogen-bond acceptors (Lipinski definition) is 8. The molecule has 1 aromatic rings. The highest BCUT2D eigenvalue weighted by molar-refractivity contribution is 5.99. The monoisotopic (exact) mass is 382 g/mol. The van der Waals surface area contributed by atoms with Crippen molar-refractivity contribution in [2.24, 2.45) is 11.8 Å². The minimum absolute atomic E-state index is 0.157. The average molecular weight is 382 g/mol. The van der Waals surface area contributed by atoms with Gasteiger partial charge in [-0.25, -0.2) is 4.79 Å². The van der Waals surface area contributed by atoms with Gasteiger partial charge in [0.15, 0.2) is 5.92 Å². The summed E-state index contributed by atoms with van der Waals surface area (Å²) in [6, 6.07) is 2.98. The van der Waals surface area contributed by atoms with Crippen molar-refractivity contribution in [2.45, 2.75) is 13.0 Å². The Morgan fingerprint density at radius 2 is 1.70 bits per heavy atom. The smallest absolute Gasteiger partial charge is 0.326 e. The molecule has 0 saturated carbocycles. The van der Waals surface area contributed by atoms with Gasteiger partial charge >= 0.3 is 17.9 Å². The number of nitrogens with zero attached hydrogens (tertiary/aromatic N) is 1. The molecule has 0 bridgehead atoms. The predicted molar refractivity (Wildman–Crippen MR) is 88.7 cm³/mol. The zero-order valence-electron chi connectivity index (χ0n) is 14.7. The number of esters is 2. The molecule has 146 valence electrons. The second-order valence-electron chi connectivity index (χ2n) is 5.48. The van der Waals surface area contributed by atoms with Crippen LogP contribution in [0.2, 0.25) is 0 Å². The maximum Gasteiger partial charge on any atom is 0.326 e. The van der Waals surface area contributed by atoms with Crippen molar-refractivity contribution in [3.05, 3.63) is 39.9 Å². The van der Waals surface area contributed by atoms with Crippen LogP contribution in [-0.2, 0) is 23.9 Å². The summed E-state index contributed by atoms with van der Waals surface area (Å²) in [7, 11) is 2.03. The minimum Gasteiger partial charge on any atom is -0.480 e. The number of methoxy groups -OCH3 is 2. The van der Waals surface area contributed by atoms with Gasteiger partial charge in [-0.1, -0.05) is 13.0 Å². The Bertz CT molecular complexity index is 746. The summed E-state index contributed by atoms with van der Waals surface area (Å²) >= 11 is 0. The van der Waals surface area contributed by atoms with Crippen LogP contribution in [-0.4, -0.2) is 54.1 Å². The molecule has 0 unspecified atom stereocenters. The molecule has 0 heterocycles. The summed E-state index contributed by atoms with van der Waals surface area (Å²) in [4.78, 5) is 57.7. The van der Waals surface area contributed by atoms with E-state index in [0.717, 1.165) is 20.3 Å². The van der Waals surface area contributed by atoms with E-state index in [1.165, 1.54) is 25.1 Å². The zero-order valence-corrected chi connectivity index (χ0v) is 14.7. The molecule has 0 fully saturated rings. The SMILES string of the molecule is COC(=O)C(C(=O)OC)[C@@H](C)[C@@H](NC(=O)c1cccc([N+](=O)[O-])c1)C(=O)O. The summed E-state index contributed by atoms with van der Waals surface area (Å²) < 4.78 is 9.00. The zero-order chi connectivity index (χ0) is 20.7. The molecule has 1 rings (SSSR count). The van der Waals surface area contributed by atoms with E-state index in [4.69, 9.17) is 0 Å². The Hall–Kier alpha value is -3.50. The van der Waals surface area contributed by atoms with Crippen molar-refractivity contribution < 1.29 is 38.7 Å². The van der Waals surface area contributed by atoms with Gasteiger partial charge in [-0.05, 0) is 6.07 Å². The topological polar surface area (TPSA) is 162 Å². The summed E-state index contributed by atoms with van der Waals surface area (Å²) in [5.74, 6) is -7.31. The molecular formula is C16H18N2O9. The van der Waals surface area contributed by atoms with E-state index in [0.29, 0.717) is 0 Å². The van der Waals surface area contributed by atoms with Crippen molar-refractivity contribution in [2.75, 3.05) is 14.2 Å². The molecule has 0 spiro atoms. The third-order valence-corrected chi connectivity index (χ3v) is 3.83. The van der Waals surface area contributed by atoms with Crippen molar-refractivity contribution >= 4 is 29.5 Å². The molecule has 1 amide bonds. The fourth-order valence-corrected chi connectivity index (χ4v) is 2.38. The average Bonchev–Trinajstić information content (AvgIpc) is 2.65. The number of carboxylic acid groups (broad SMARTS) is 1. The molecule has 2 atom stereocenters. The number of nitro groups is 1. The van der Waals surface area contributed by atoms with Gasteiger partial charge < -0.3 is 19.9 Å². The molecule has 11 nitrogen and oxygen atoms in total. The van der Waals surface area contributed by atoms with E-state index < -0.39 is 46.6 Å². The Morgan fingerprint density at radius 3 is 2.15 bits per heavy atom. The minimum atomic E-state index is -1.67. The lowest BCUT2D eigenvalue weighted by Gasteiger charge is -2.26. The molecule has 2 N–H and O–H groups in total. The first-order chi connectivity index (χ1) is 12.6. The molecule has 0 aliphatic rings. The van der Waals surface area contributed by atoms with Crippen LogP contribution in [0.1, 0.15) is 17.3 Å². The number of nitrogens with one attached hydrogen (secondary N) is 1. The highest BCUT2D eigenvalue weighted by atomic mass is 16.6. The molecular weight excluding hydrogens is 364 g/mol. The highest BCUT2D eigenvalue weighted by Gasteiger charge is 2.42. The molecule has 27 heavy (non-hydrogen) atoms. The van der Waals surface area contributed by atoms with Crippen LogP contribution >= 0.6 is 0 Å². The van der Waals surface area contributed by atoms with E-state index in [-0.39, 0.29) is 11.3 Å². The van der Waals surface area contributed by atoms with Crippen molar-refractivity contribution in [3.63, 3.8) is 0 Å². The van der Waals surface area contributed by atoms with Crippen LogP contribution in [0.3, 0.4) is 0 Å². The Labute approximate surface area is 153 Å². The first-order valence-electron chi connectivity index (χ1n) is 7.57. The number of benzene rings is 1. The number of carbonyl (C=O) groups excluding carboxylic acids is 3. The van der Waals surface area contributed by atoms with Crippen LogP contribution < -0.4 is 5.32 Å². The molecule has 0 aliphatic heterocycles. The van der Waals surface area contributed by atoms with Gasteiger partial charge in [0.05, 0.1) is 19.1 Å². The normalized spacial score (nSPS) is 12.6. The number of nitro benzene ring substituents is 1. The van der Waals surface area contributed by atoms with Crippen molar-refractivity contribution in [3.8, 4) is 0 Å². The van der Waals surface area contributed by atoms with Crippen LogP contribution in [0.25, 0.3) is 0 Å². The third-order valence-electron chi connectivity index (χ3n) is 3.83. The molecule has 1 aromatic carbocycles. The quantitative estimate of drug-likeness (QED) is 0.280. The second kappa shape index (κ2) is 9.27. The predicted octanol–water partition coefficient (Wildman–Crippen LogP) is 0.376. The first-order valence-corrected chi connectivity index (χ1v) is 7.57. The van der Waals surface area contributed by atoms with E-state index in [1.807, 2.05) is 0 Å². The fourth-order valence-electron chi connectivity index (χ4n) is 2.38. The number of ether oxygens (including phenoxy) is 2. The number of carbonyl (C=O) groups is 4. The van der Waals surface area contributed by atoms with Gasteiger partial charge in [0.1, 0.15) is 6.04 Å². The van der Waals surface area contributed by atoms with Crippen LogP contribution in [0.4, 0.5) is 5.69 Å². The maximum atomic E-state index is 12.3. The van der Waals surface area contributed by atoms with Gasteiger partial charge in [0, 0.05) is 23.6 Å². The summed E-state index contributed by atoms with van der Waals surface area (Å²) in [5.41, 5.74) is -0.514. The number of aliphatic carboxylic acids is 1. The summed E-state index contributed by atoms with van der Waals surface area (Å²) in [6.07, 6.45) is 0. The van der Waals surface area contributed by atoms with Gasteiger partial charge in [-0.3, -0.25) is 24.5 Å². The van der Waals surface area contributed by atoms with Gasteiger partial charge in [-0.2, -0.15) is 0 Å². The lowest BCUT2D eigenvalue weighted by atomic mass is 9.87. The standard InChI is InChI=1S/C16H18N2O9/c1-8(11(15(22)26-2)16(23)27-3)12(14(20)21)17-13(19)9-5-4-6-10(7-9)18(24)25/h4-8,11-12H,1-3H3,(H,17,19)(H,20,21)/t8-,12-/m1/s1. The summed E-state index contributed by atoms with van der Waals surface area (Å²) in [6.45, 7) is 1.25. The van der Waals surface area contributed by atoms with E-state index >= 15 is 0 Å². The molecule has 0 radical (unpaired) electrons. The number of amides is 1. The lowest BCUT2D eigenvalue weighted by molar-refractivity contribution is -0.384. The molecule has 0 saturated heterocycles. The number of non-ortho nitro benzene ring substituents is 1. The highest BCUT2D eigenvalue weighted by Crippen LogP contribution is 2.21. The number of hydrogen-bond donors (Lipinski definition) is 2. The Balaban J connectivity index is 3.14. The van der Waals surface area contributed by atoms with Crippen molar-refractivity contribution in [1.29, 1.82) is 0 Å². The Morgan fingerprint density at radius 1 is 1.15 bits per heavy atom. The first kappa shape index (κ1) is 21.5. The maximum absolute atomic E-state index is 12.3. The van der Waals surface area contributed by atoms with Crippen LogP contribution in [0, 0.1) is 22.0 Å². The second-order valence-corrected chi connectivity index (χ2v) is 5.48. The van der Waals surface area contributed by atoms with Gasteiger partial charge in [0.2, 0.25) is 0 Å². The molecule has 11 heteroatoms. The van der Waals surface area contributed by atoms with Crippen LogP contribution in [0.5, 0.6) is 0 Å². The number of carboxylic acids is 1. The Kier molecular flexibility index (Phi) is 7.39. The van der Waals surface area contributed by atoms with E-state index in [2.05, 4.69) is 14.8 Å². The van der Waals surface area contributed by atoms with E-state index in [1.54, 1.807) is 0 Å². The third kappa shape index (κ3) is 5.23. The van der Waals surface area contributed by atoms with Gasteiger partial charge in [0.25, 0.3) is 11.6 Å². The fraction of sp³-hybridized carbons (Fsp3) is 0.375. The van der Waals surface area contributed by atoms with Crippen LogP contribution in [0.15, 0.2) is 24.3 Å². The molecule has 0 aliphatic carbocycles. The number of rotatable bonds is 8.